The Hall–Kier alpha value is -3.11. The molecule has 0 atom stereocenters. The van der Waals surface area contributed by atoms with Crippen molar-refractivity contribution in [2.75, 3.05) is 12.4 Å². The highest BCUT2D eigenvalue weighted by Crippen LogP contribution is 2.26. The molecule has 3 aromatic rings. The summed E-state index contributed by atoms with van der Waals surface area (Å²) in [5.74, 6) is -0.694. The van der Waals surface area contributed by atoms with Crippen LogP contribution >= 0.6 is 0 Å². The van der Waals surface area contributed by atoms with Crippen LogP contribution in [0.2, 0.25) is 0 Å². The quantitative estimate of drug-likeness (QED) is 0.561. The van der Waals surface area contributed by atoms with Crippen molar-refractivity contribution in [3.63, 3.8) is 0 Å². The van der Waals surface area contributed by atoms with E-state index in [1.54, 1.807) is 12.1 Å². The summed E-state index contributed by atoms with van der Waals surface area (Å²) in [6.07, 6.45) is 3.63. The average molecular weight is 460 g/mol. The van der Waals surface area contributed by atoms with Gasteiger partial charge in [-0.1, -0.05) is 18.9 Å². The van der Waals surface area contributed by atoms with Crippen LogP contribution in [0.15, 0.2) is 50.5 Å². The van der Waals surface area contributed by atoms with Gasteiger partial charge in [0.05, 0.1) is 23.2 Å². The molecule has 0 radical (unpaired) electrons. The van der Waals surface area contributed by atoms with Gasteiger partial charge in [0.1, 0.15) is 12.3 Å². The molecule has 1 heterocycles. The van der Waals surface area contributed by atoms with Crippen LogP contribution in [0.3, 0.4) is 0 Å². The molecule has 4 rings (SSSR count). The van der Waals surface area contributed by atoms with Gasteiger partial charge in [-0.2, -0.15) is 0 Å². The zero-order chi connectivity index (χ0) is 22.9. The lowest BCUT2D eigenvalue weighted by Gasteiger charge is -2.12. The summed E-state index contributed by atoms with van der Waals surface area (Å²) < 4.78 is 39.7. The number of carbonyl (C=O) groups excluding carboxylic acids is 1. The van der Waals surface area contributed by atoms with E-state index in [0.29, 0.717) is 17.0 Å². The first kappa shape index (κ1) is 22.1. The lowest BCUT2D eigenvalue weighted by Crippen LogP contribution is -2.32. The van der Waals surface area contributed by atoms with Crippen molar-refractivity contribution >= 4 is 32.7 Å². The van der Waals surface area contributed by atoms with E-state index in [1.807, 2.05) is 13.0 Å². The van der Waals surface area contributed by atoms with Gasteiger partial charge in [0.15, 0.2) is 5.58 Å². The predicted octanol–water partition coefficient (Wildman–Crippen LogP) is 2.77. The Balaban J connectivity index is 1.56. The normalized spacial score (nSPS) is 14.7. The standard InChI is InChI=1S/C22H25N3O6S/c1-14-7-10-19(30-2)17(11-14)23-21(26)13-25-18-9-8-16(12-20(18)31-22(25)27)32(28,29)24-15-5-3-4-6-15/h7-12,15,24H,3-6,13H2,1-2H3,(H,23,26). The number of nitrogens with one attached hydrogen (secondary N) is 2. The number of hydrogen-bond donors (Lipinski definition) is 2. The van der Waals surface area contributed by atoms with Gasteiger partial charge in [-0.15, -0.1) is 0 Å². The van der Waals surface area contributed by atoms with E-state index in [-0.39, 0.29) is 23.1 Å². The molecule has 0 unspecified atom stereocenters. The number of ether oxygens (including phenoxy) is 1. The summed E-state index contributed by atoms with van der Waals surface area (Å²) in [5.41, 5.74) is 1.86. The molecule has 2 aromatic carbocycles. The highest BCUT2D eigenvalue weighted by atomic mass is 32.2. The Kier molecular flexibility index (Phi) is 6.07. The van der Waals surface area contributed by atoms with Gasteiger partial charge in [0.2, 0.25) is 15.9 Å². The third-order valence-electron chi connectivity index (χ3n) is 5.56. The van der Waals surface area contributed by atoms with E-state index in [1.165, 1.54) is 25.3 Å². The van der Waals surface area contributed by atoms with Crippen molar-refractivity contribution in [1.29, 1.82) is 0 Å². The van der Waals surface area contributed by atoms with Crippen molar-refractivity contribution in [2.45, 2.75) is 50.1 Å². The van der Waals surface area contributed by atoms with E-state index in [4.69, 9.17) is 9.15 Å². The number of hydrogen-bond acceptors (Lipinski definition) is 6. The zero-order valence-electron chi connectivity index (χ0n) is 17.9. The number of aryl methyl sites for hydroxylation is 1. The molecule has 0 aliphatic heterocycles. The maximum Gasteiger partial charge on any atom is 0.420 e. The molecule has 1 amide bonds. The van der Waals surface area contributed by atoms with Crippen molar-refractivity contribution in [2.24, 2.45) is 0 Å². The fourth-order valence-electron chi connectivity index (χ4n) is 3.95. The lowest BCUT2D eigenvalue weighted by atomic mass is 10.2. The van der Waals surface area contributed by atoms with Crippen molar-refractivity contribution in [3.05, 3.63) is 52.5 Å². The van der Waals surface area contributed by atoms with Crippen LogP contribution < -0.4 is 20.5 Å². The van der Waals surface area contributed by atoms with Crippen LogP contribution in [-0.4, -0.2) is 32.0 Å². The smallest absolute Gasteiger partial charge is 0.420 e. The van der Waals surface area contributed by atoms with E-state index in [9.17, 15) is 18.0 Å². The maximum absolute atomic E-state index is 12.7. The number of methoxy groups -OCH3 is 1. The Bertz CT molecular complexity index is 1320. The maximum atomic E-state index is 12.7. The van der Waals surface area contributed by atoms with E-state index in [0.717, 1.165) is 35.8 Å². The summed E-state index contributed by atoms with van der Waals surface area (Å²) in [7, 11) is -2.23. The molecule has 170 valence electrons. The Morgan fingerprint density at radius 2 is 1.94 bits per heavy atom. The molecular formula is C22H25N3O6S. The van der Waals surface area contributed by atoms with E-state index >= 15 is 0 Å². The molecule has 1 saturated carbocycles. The van der Waals surface area contributed by atoms with Gasteiger partial charge in [-0.05, 0) is 49.6 Å². The molecule has 0 saturated heterocycles. The number of amides is 1. The largest absolute Gasteiger partial charge is 0.495 e. The molecule has 2 N–H and O–H groups in total. The van der Waals surface area contributed by atoms with Crippen molar-refractivity contribution in [1.82, 2.24) is 9.29 Å². The van der Waals surface area contributed by atoms with Crippen LogP contribution in [0.5, 0.6) is 5.75 Å². The zero-order valence-corrected chi connectivity index (χ0v) is 18.7. The van der Waals surface area contributed by atoms with Crippen LogP contribution in [-0.2, 0) is 21.4 Å². The fourth-order valence-corrected chi connectivity index (χ4v) is 5.27. The molecule has 0 spiro atoms. The van der Waals surface area contributed by atoms with Gasteiger partial charge in [0.25, 0.3) is 0 Å². The Morgan fingerprint density at radius 3 is 2.66 bits per heavy atom. The van der Waals surface area contributed by atoms with Gasteiger partial charge < -0.3 is 14.5 Å². The number of nitrogens with zero attached hydrogens (tertiary/aromatic N) is 1. The molecule has 1 aliphatic carbocycles. The number of anilines is 1. The number of aromatic nitrogens is 1. The third kappa shape index (κ3) is 4.56. The van der Waals surface area contributed by atoms with Crippen molar-refractivity contribution in [3.8, 4) is 5.75 Å². The Morgan fingerprint density at radius 1 is 1.19 bits per heavy atom. The van der Waals surface area contributed by atoms with Crippen LogP contribution in [0.4, 0.5) is 5.69 Å². The third-order valence-corrected chi connectivity index (χ3v) is 7.08. The van der Waals surface area contributed by atoms with Crippen LogP contribution in [0, 0.1) is 6.92 Å². The second-order valence-electron chi connectivity index (χ2n) is 7.94. The minimum Gasteiger partial charge on any atom is -0.495 e. The molecule has 0 bridgehead atoms. The number of sulfonamides is 1. The summed E-state index contributed by atoms with van der Waals surface area (Å²) in [6.45, 7) is 1.59. The topological polar surface area (TPSA) is 120 Å². The SMILES string of the molecule is COc1ccc(C)cc1NC(=O)Cn1c(=O)oc2cc(S(=O)(=O)NC3CCCC3)ccc21. The molecule has 32 heavy (non-hydrogen) atoms. The minimum atomic E-state index is -3.73. The second-order valence-corrected chi connectivity index (χ2v) is 9.65. The highest BCUT2D eigenvalue weighted by molar-refractivity contribution is 7.89. The summed E-state index contributed by atoms with van der Waals surface area (Å²) in [6, 6.07) is 9.49. The number of carbonyl (C=O) groups is 1. The first-order valence-electron chi connectivity index (χ1n) is 10.4. The van der Waals surface area contributed by atoms with Crippen molar-refractivity contribution < 1.29 is 22.4 Å². The fraction of sp³-hybridized carbons (Fsp3) is 0.364. The van der Waals surface area contributed by atoms with Crippen LogP contribution in [0.25, 0.3) is 11.1 Å². The molecule has 10 heteroatoms. The van der Waals surface area contributed by atoms with Gasteiger partial charge in [0, 0.05) is 12.1 Å². The first-order chi connectivity index (χ1) is 15.3. The number of rotatable bonds is 7. The number of benzene rings is 2. The molecule has 1 aromatic heterocycles. The average Bonchev–Trinajstić information content (AvgIpc) is 3.35. The van der Waals surface area contributed by atoms with Gasteiger partial charge >= 0.3 is 5.76 Å². The number of oxazole rings is 1. The summed E-state index contributed by atoms with van der Waals surface area (Å²) >= 11 is 0. The Labute approximate surface area is 185 Å². The molecule has 1 fully saturated rings. The highest BCUT2D eigenvalue weighted by Gasteiger charge is 2.24. The van der Waals surface area contributed by atoms with E-state index < -0.39 is 21.7 Å². The predicted molar refractivity (Wildman–Crippen MR) is 119 cm³/mol. The second kappa shape index (κ2) is 8.79. The van der Waals surface area contributed by atoms with Gasteiger partial charge in [-0.3, -0.25) is 9.36 Å². The molecule has 9 nitrogen and oxygen atoms in total. The monoisotopic (exact) mass is 459 g/mol. The molecular weight excluding hydrogens is 434 g/mol. The van der Waals surface area contributed by atoms with E-state index in [2.05, 4.69) is 10.0 Å². The summed E-state index contributed by atoms with van der Waals surface area (Å²) in [4.78, 5) is 25.0. The lowest BCUT2D eigenvalue weighted by molar-refractivity contribution is -0.116. The molecule has 1 aliphatic rings. The van der Waals surface area contributed by atoms with Crippen LogP contribution in [0.1, 0.15) is 31.2 Å². The minimum absolute atomic E-state index is 0.0201. The first-order valence-corrected chi connectivity index (χ1v) is 11.9. The number of fused-ring (bicyclic) bond motifs is 1. The van der Waals surface area contributed by atoms with Gasteiger partial charge in [-0.25, -0.2) is 17.9 Å². The summed E-state index contributed by atoms with van der Waals surface area (Å²) in [5, 5.41) is 2.74.